The summed E-state index contributed by atoms with van der Waals surface area (Å²) >= 11 is 0. The van der Waals surface area contributed by atoms with E-state index in [1.54, 1.807) is 5.59 Å². The van der Waals surface area contributed by atoms with Crippen LogP contribution in [0.15, 0.2) is 0 Å². The van der Waals surface area contributed by atoms with E-state index in [1.807, 2.05) is 6.92 Å². The van der Waals surface area contributed by atoms with Gasteiger partial charge in [0.15, 0.2) is 0 Å². The van der Waals surface area contributed by atoms with Crippen molar-refractivity contribution in [1.82, 2.24) is 10.6 Å². The molecule has 0 aliphatic heterocycles. The summed E-state index contributed by atoms with van der Waals surface area (Å²) in [6, 6.07) is 0. The highest BCUT2D eigenvalue weighted by molar-refractivity contribution is 4.45. The molecule has 0 heterocycles. The van der Waals surface area contributed by atoms with Gasteiger partial charge in [-0.15, -0.1) is 5.01 Å². The molecule has 0 fully saturated rings. The monoisotopic (exact) mass is 178 g/mol. The van der Waals surface area contributed by atoms with Crippen LogP contribution in [0.3, 0.4) is 0 Å². The molecule has 0 rings (SSSR count). The molecular weight excluding hydrogens is 160 g/mol. The first kappa shape index (κ1) is 11.8. The highest BCUT2D eigenvalue weighted by atomic mass is 16.7. The van der Waals surface area contributed by atoms with Crippen LogP contribution in [0.25, 0.3) is 0 Å². The molecule has 74 valence electrons. The third-order valence-corrected chi connectivity index (χ3v) is 1.51. The van der Waals surface area contributed by atoms with E-state index in [1.165, 1.54) is 5.01 Å². The molecule has 0 spiro atoms. The lowest BCUT2D eigenvalue weighted by Crippen LogP contribution is -3.20. The van der Waals surface area contributed by atoms with Gasteiger partial charge in [0.1, 0.15) is 0 Å². The zero-order valence-electron chi connectivity index (χ0n) is 7.42. The molecule has 6 heteroatoms. The van der Waals surface area contributed by atoms with Gasteiger partial charge in [0.05, 0.1) is 6.54 Å². The standard InChI is InChI=1S/C6H18N4O2/c1-2-5-9(6-3-4-7)10(12)8-11/h8,10-11H,2-7H2,1H3. The fourth-order valence-corrected chi connectivity index (χ4v) is 0.938. The highest BCUT2D eigenvalue weighted by Crippen LogP contribution is 1.84. The van der Waals surface area contributed by atoms with Crippen molar-refractivity contribution in [2.75, 3.05) is 19.6 Å². The van der Waals surface area contributed by atoms with Gasteiger partial charge in [-0.1, -0.05) is 6.92 Å². The summed E-state index contributed by atoms with van der Waals surface area (Å²) in [6.45, 7) is 3.77. The Morgan fingerprint density at radius 2 is 2.25 bits per heavy atom. The maximum absolute atomic E-state index is 10.9. The van der Waals surface area contributed by atoms with Gasteiger partial charge in [0.2, 0.25) is 0 Å². The van der Waals surface area contributed by atoms with Crippen LogP contribution in [0.2, 0.25) is 0 Å². The Bertz CT molecular complexity index is 104. The summed E-state index contributed by atoms with van der Waals surface area (Å²) in [5, 5.41) is 20.4. The second-order valence-electron chi connectivity index (χ2n) is 2.55. The molecule has 0 aromatic carbocycles. The molecule has 0 amide bonds. The Kier molecular flexibility index (Phi) is 7.26. The summed E-state index contributed by atoms with van der Waals surface area (Å²) < 4.78 is 0. The molecule has 0 radical (unpaired) electrons. The largest absolute Gasteiger partial charge is 0.591 e. The lowest BCUT2D eigenvalue weighted by atomic mass is 10.4. The quantitative estimate of drug-likeness (QED) is 0.347. The Morgan fingerprint density at radius 1 is 1.58 bits per heavy atom. The smallest absolute Gasteiger partial charge is 0.0511 e. The Labute approximate surface area is 72.4 Å². The van der Waals surface area contributed by atoms with Crippen LogP contribution < -0.4 is 16.6 Å². The van der Waals surface area contributed by atoms with Crippen molar-refractivity contribution in [1.29, 1.82) is 0 Å². The predicted molar refractivity (Wildman–Crippen MR) is 44.8 cm³/mol. The van der Waals surface area contributed by atoms with Gasteiger partial charge in [-0.2, -0.15) is 5.28 Å². The van der Waals surface area contributed by atoms with Gasteiger partial charge in [-0.3, -0.25) is 5.21 Å². The molecule has 0 aromatic rings. The van der Waals surface area contributed by atoms with Gasteiger partial charge < -0.3 is 10.9 Å². The van der Waals surface area contributed by atoms with Crippen LogP contribution >= 0.6 is 0 Å². The Balaban J connectivity index is 3.68. The molecule has 0 aliphatic rings. The molecular formula is C6H18N4O2. The molecule has 5 N–H and O–H groups in total. The van der Waals surface area contributed by atoms with E-state index in [-0.39, 0.29) is 0 Å². The van der Waals surface area contributed by atoms with E-state index >= 15 is 0 Å². The normalized spacial score (nSPS) is 13.8. The number of hydrogen-bond acceptors (Lipinski definition) is 5. The van der Waals surface area contributed by atoms with E-state index in [2.05, 4.69) is 0 Å². The third-order valence-electron chi connectivity index (χ3n) is 1.51. The average molecular weight is 178 g/mol. The Hall–Kier alpha value is -0.240. The molecule has 12 heavy (non-hydrogen) atoms. The van der Waals surface area contributed by atoms with E-state index in [0.717, 1.165) is 12.8 Å². The minimum absolute atomic E-state index is 0.453. The van der Waals surface area contributed by atoms with Crippen LogP contribution in [0.1, 0.15) is 19.8 Å². The molecule has 1 unspecified atom stereocenters. The second kappa shape index (κ2) is 7.41. The zero-order chi connectivity index (χ0) is 9.40. The highest BCUT2D eigenvalue weighted by Gasteiger charge is 2.08. The maximum atomic E-state index is 10.9. The van der Waals surface area contributed by atoms with E-state index in [9.17, 15) is 5.21 Å². The first-order chi connectivity index (χ1) is 5.76. The maximum Gasteiger partial charge on any atom is 0.0511 e. The van der Waals surface area contributed by atoms with E-state index < -0.39 is 5.28 Å². The summed E-state index contributed by atoms with van der Waals surface area (Å²) in [5.74, 6) is 0. The topological polar surface area (TPSA) is 89.0 Å². The molecule has 0 bridgehead atoms. The summed E-state index contributed by atoms with van der Waals surface area (Å²) in [6.07, 6.45) is 1.63. The van der Waals surface area contributed by atoms with Crippen LogP contribution in [-0.2, 0) is 0 Å². The number of nitrogens with zero attached hydrogens (tertiary/aromatic N) is 1. The number of rotatable bonds is 7. The van der Waals surface area contributed by atoms with Crippen molar-refractivity contribution in [2.24, 2.45) is 5.73 Å². The first-order valence-corrected chi connectivity index (χ1v) is 4.15. The number of nitrogens with two attached hydrogens (primary N) is 1. The number of hydrogen-bond donors (Lipinski definition) is 4. The number of nitrogens with one attached hydrogen (secondary N) is 2. The SMILES string of the molecule is CCCN(CCCN)[NH+]([O-])NO. The molecule has 0 aliphatic carbocycles. The second-order valence-corrected chi connectivity index (χ2v) is 2.55. The molecule has 1 atom stereocenters. The van der Waals surface area contributed by atoms with Crippen LogP contribution in [-0.4, -0.2) is 29.9 Å². The average Bonchev–Trinajstić information content (AvgIpc) is 2.11. The summed E-state index contributed by atoms with van der Waals surface area (Å²) in [5.41, 5.74) is 6.90. The van der Waals surface area contributed by atoms with Gasteiger partial charge in [-0.05, 0) is 25.0 Å². The van der Waals surface area contributed by atoms with Crippen molar-refractivity contribution < 1.29 is 10.5 Å². The van der Waals surface area contributed by atoms with E-state index in [4.69, 9.17) is 10.9 Å². The van der Waals surface area contributed by atoms with Gasteiger partial charge in [0, 0.05) is 6.54 Å². The van der Waals surface area contributed by atoms with Crippen LogP contribution in [0.5, 0.6) is 0 Å². The lowest BCUT2D eigenvalue weighted by Gasteiger charge is -2.30. The molecule has 0 aromatic heterocycles. The van der Waals surface area contributed by atoms with Gasteiger partial charge in [-0.25, -0.2) is 0 Å². The van der Waals surface area contributed by atoms with Gasteiger partial charge >= 0.3 is 0 Å². The third kappa shape index (κ3) is 4.60. The fourth-order valence-electron chi connectivity index (χ4n) is 0.938. The van der Waals surface area contributed by atoms with Gasteiger partial charge in [0.25, 0.3) is 0 Å². The first-order valence-electron chi connectivity index (χ1n) is 4.15. The summed E-state index contributed by atoms with van der Waals surface area (Å²) in [7, 11) is 0. The van der Waals surface area contributed by atoms with Crippen LogP contribution in [0, 0.1) is 5.21 Å². The van der Waals surface area contributed by atoms with Crippen molar-refractivity contribution in [2.45, 2.75) is 19.8 Å². The fraction of sp³-hybridized carbons (Fsp3) is 1.00. The molecule has 0 saturated carbocycles. The predicted octanol–water partition coefficient (Wildman–Crippen LogP) is -1.76. The minimum atomic E-state index is -0.453. The molecule has 0 saturated heterocycles. The van der Waals surface area contributed by atoms with Crippen molar-refractivity contribution in [3.63, 3.8) is 0 Å². The lowest BCUT2D eigenvalue weighted by molar-refractivity contribution is -1.04. The molecule has 6 nitrogen and oxygen atoms in total. The number of quaternary nitrogens is 1. The Morgan fingerprint density at radius 3 is 2.67 bits per heavy atom. The summed E-state index contributed by atoms with van der Waals surface area (Å²) in [4.78, 5) is 0. The van der Waals surface area contributed by atoms with Crippen LogP contribution in [0.4, 0.5) is 0 Å². The van der Waals surface area contributed by atoms with Crippen molar-refractivity contribution in [3.8, 4) is 0 Å². The van der Waals surface area contributed by atoms with Crippen molar-refractivity contribution >= 4 is 0 Å². The minimum Gasteiger partial charge on any atom is -0.591 e. The van der Waals surface area contributed by atoms with E-state index in [0.29, 0.717) is 19.6 Å². The van der Waals surface area contributed by atoms with Crippen molar-refractivity contribution in [3.05, 3.63) is 5.21 Å². The zero-order valence-corrected chi connectivity index (χ0v) is 7.42.